The van der Waals surface area contributed by atoms with Gasteiger partial charge in [0, 0.05) is 19.2 Å². The number of rotatable bonds is 6. The highest BCUT2D eigenvalue weighted by Gasteiger charge is 2.29. The number of benzene rings is 1. The average Bonchev–Trinajstić information content (AvgIpc) is 2.34. The fourth-order valence-corrected chi connectivity index (χ4v) is 3.19. The van der Waals surface area contributed by atoms with Crippen LogP contribution in [0, 0.1) is 17.6 Å². The Balaban J connectivity index is 3.15. The minimum atomic E-state index is -4.20. The second-order valence-corrected chi connectivity index (χ2v) is 6.18. The summed E-state index contributed by atoms with van der Waals surface area (Å²) in [6.07, 6.45) is 0. The minimum Gasteiger partial charge on any atom is -0.481 e. The summed E-state index contributed by atoms with van der Waals surface area (Å²) in [7, 11) is -4.20. The average molecular weight is 307 g/mol. The summed E-state index contributed by atoms with van der Waals surface area (Å²) in [6, 6.07) is 2.14. The molecule has 0 bridgehead atoms. The molecule has 1 aromatic carbocycles. The van der Waals surface area contributed by atoms with E-state index in [1.165, 1.54) is 13.8 Å². The maximum absolute atomic E-state index is 13.6. The second-order valence-electron chi connectivity index (χ2n) is 4.27. The van der Waals surface area contributed by atoms with E-state index < -0.39 is 38.4 Å². The van der Waals surface area contributed by atoms with Gasteiger partial charge in [-0.1, -0.05) is 13.8 Å². The zero-order chi connectivity index (χ0) is 15.5. The Kier molecular flexibility index (Phi) is 5.18. The van der Waals surface area contributed by atoms with Crippen molar-refractivity contribution >= 4 is 16.0 Å². The van der Waals surface area contributed by atoms with Gasteiger partial charge in [-0.3, -0.25) is 4.79 Å². The normalized spacial score (nSPS) is 13.4. The van der Waals surface area contributed by atoms with Crippen molar-refractivity contribution in [2.24, 2.45) is 5.92 Å². The van der Waals surface area contributed by atoms with Crippen molar-refractivity contribution in [1.29, 1.82) is 0 Å². The van der Waals surface area contributed by atoms with Gasteiger partial charge in [-0.25, -0.2) is 17.2 Å². The first-order chi connectivity index (χ1) is 9.20. The number of halogens is 2. The highest BCUT2D eigenvalue weighted by molar-refractivity contribution is 7.89. The second kappa shape index (κ2) is 6.27. The van der Waals surface area contributed by atoms with Gasteiger partial charge in [-0.05, 0) is 12.1 Å². The highest BCUT2D eigenvalue weighted by Crippen LogP contribution is 2.21. The van der Waals surface area contributed by atoms with Crippen LogP contribution in [-0.2, 0) is 14.8 Å². The lowest BCUT2D eigenvalue weighted by Gasteiger charge is -2.22. The molecule has 8 heteroatoms. The molecule has 0 heterocycles. The minimum absolute atomic E-state index is 0.0171. The van der Waals surface area contributed by atoms with E-state index in [1.54, 1.807) is 0 Å². The van der Waals surface area contributed by atoms with Gasteiger partial charge in [0.15, 0.2) is 0 Å². The molecule has 5 nitrogen and oxygen atoms in total. The number of carbonyl (C=O) groups is 1. The van der Waals surface area contributed by atoms with E-state index in [9.17, 15) is 22.0 Å². The predicted octanol–water partition coefficient (Wildman–Crippen LogP) is 1.70. The molecule has 0 fully saturated rings. The molecule has 0 aliphatic carbocycles. The number of hydrogen-bond acceptors (Lipinski definition) is 3. The first-order valence-electron chi connectivity index (χ1n) is 5.88. The van der Waals surface area contributed by atoms with Crippen molar-refractivity contribution in [3.05, 3.63) is 29.8 Å². The monoisotopic (exact) mass is 307 g/mol. The van der Waals surface area contributed by atoms with Gasteiger partial charge >= 0.3 is 5.97 Å². The molecule has 0 aromatic heterocycles. The van der Waals surface area contributed by atoms with Crippen LogP contribution in [0.1, 0.15) is 13.8 Å². The lowest BCUT2D eigenvalue weighted by Crippen LogP contribution is -2.37. The van der Waals surface area contributed by atoms with Crippen molar-refractivity contribution in [3.8, 4) is 0 Å². The Labute approximate surface area is 115 Å². The van der Waals surface area contributed by atoms with Gasteiger partial charge in [-0.2, -0.15) is 4.31 Å². The van der Waals surface area contributed by atoms with E-state index >= 15 is 0 Å². The van der Waals surface area contributed by atoms with Crippen LogP contribution in [-0.4, -0.2) is 36.9 Å². The summed E-state index contributed by atoms with van der Waals surface area (Å²) in [5, 5.41) is 8.81. The summed E-state index contributed by atoms with van der Waals surface area (Å²) in [6.45, 7) is 2.55. The van der Waals surface area contributed by atoms with E-state index in [-0.39, 0.29) is 13.1 Å². The van der Waals surface area contributed by atoms with Crippen LogP contribution in [0.5, 0.6) is 0 Å². The van der Waals surface area contributed by atoms with Crippen LogP contribution >= 0.6 is 0 Å². The van der Waals surface area contributed by atoms with Crippen molar-refractivity contribution in [3.63, 3.8) is 0 Å². The van der Waals surface area contributed by atoms with Crippen LogP contribution < -0.4 is 0 Å². The third kappa shape index (κ3) is 3.51. The summed E-state index contributed by atoms with van der Waals surface area (Å²) in [5.74, 6) is -4.18. The Morgan fingerprint density at radius 1 is 1.40 bits per heavy atom. The molecule has 1 atom stereocenters. The van der Waals surface area contributed by atoms with Crippen molar-refractivity contribution in [2.45, 2.75) is 18.7 Å². The lowest BCUT2D eigenvalue weighted by molar-refractivity contribution is -0.141. The van der Waals surface area contributed by atoms with Gasteiger partial charge in [0.25, 0.3) is 0 Å². The van der Waals surface area contributed by atoms with Crippen LogP contribution in [0.25, 0.3) is 0 Å². The first kappa shape index (κ1) is 16.5. The number of aliphatic carboxylic acids is 1. The fraction of sp³-hybridized carbons (Fsp3) is 0.417. The first-order valence-corrected chi connectivity index (χ1v) is 7.32. The van der Waals surface area contributed by atoms with Crippen LogP contribution in [0.4, 0.5) is 8.78 Å². The molecule has 0 spiro atoms. The van der Waals surface area contributed by atoms with E-state index in [4.69, 9.17) is 5.11 Å². The van der Waals surface area contributed by atoms with Crippen LogP contribution in [0.3, 0.4) is 0 Å². The molecule has 1 N–H and O–H groups in total. The smallest absolute Gasteiger partial charge is 0.307 e. The zero-order valence-corrected chi connectivity index (χ0v) is 11.8. The van der Waals surface area contributed by atoms with Gasteiger partial charge in [0.05, 0.1) is 5.92 Å². The van der Waals surface area contributed by atoms with Gasteiger partial charge in [-0.15, -0.1) is 0 Å². The summed E-state index contributed by atoms with van der Waals surface area (Å²) < 4.78 is 51.7. The van der Waals surface area contributed by atoms with E-state index in [0.29, 0.717) is 6.07 Å². The van der Waals surface area contributed by atoms with Gasteiger partial charge in [0.1, 0.15) is 16.5 Å². The Hall–Kier alpha value is -1.54. The van der Waals surface area contributed by atoms with Crippen molar-refractivity contribution < 1.29 is 27.1 Å². The maximum Gasteiger partial charge on any atom is 0.307 e. The zero-order valence-electron chi connectivity index (χ0n) is 11.0. The number of hydrogen-bond donors (Lipinski definition) is 1. The molecule has 0 amide bonds. The summed E-state index contributed by atoms with van der Waals surface area (Å²) in [5.41, 5.74) is 0. The third-order valence-electron chi connectivity index (χ3n) is 2.76. The van der Waals surface area contributed by atoms with Crippen molar-refractivity contribution in [1.82, 2.24) is 4.31 Å². The number of sulfonamides is 1. The quantitative estimate of drug-likeness (QED) is 0.868. The molecule has 0 radical (unpaired) electrons. The van der Waals surface area contributed by atoms with Gasteiger partial charge in [0.2, 0.25) is 10.0 Å². The SMILES string of the molecule is CCN(CC(C)C(=O)O)S(=O)(=O)c1ccc(F)cc1F. The Morgan fingerprint density at radius 2 is 2.00 bits per heavy atom. The molecule has 0 saturated carbocycles. The highest BCUT2D eigenvalue weighted by atomic mass is 32.2. The van der Waals surface area contributed by atoms with E-state index in [2.05, 4.69) is 0 Å². The molecular weight excluding hydrogens is 292 g/mol. The topological polar surface area (TPSA) is 74.7 Å². The predicted molar refractivity (Wildman–Crippen MR) is 67.6 cm³/mol. The summed E-state index contributed by atoms with van der Waals surface area (Å²) in [4.78, 5) is 10.1. The van der Waals surface area contributed by atoms with Crippen LogP contribution in [0.2, 0.25) is 0 Å². The largest absolute Gasteiger partial charge is 0.481 e. The maximum atomic E-state index is 13.6. The van der Waals surface area contributed by atoms with E-state index in [0.717, 1.165) is 16.4 Å². The third-order valence-corrected chi connectivity index (χ3v) is 4.74. The molecule has 1 aromatic rings. The molecule has 20 heavy (non-hydrogen) atoms. The molecule has 0 aliphatic rings. The molecule has 0 saturated heterocycles. The Morgan fingerprint density at radius 3 is 2.45 bits per heavy atom. The molecule has 1 rings (SSSR count). The number of carboxylic acid groups (broad SMARTS) is 1. The van der Waals surface area contributed by atoms with Gasteiger partial charge < -0.3 is 5.11 Å². The lowest BCUT2D eigenvalue weighted by atomic mass is 10.2. The standard InChI is InChI=1S/C12H15F2NO4S/c1-3-15(7-8(2)12(16)17)20(18,19)11-5-4-9(13)6-10(11)14/h4-6,8H,3,7H2,1-2H3,(H,16,17). The molecule has 0 aliphatic heterocycles. The number of nitrogens with zero attached hydrogens (tertiary/aromatic N) is 1. The fourth-order valence-electron chi connectivity index (χ4n) is 1.60. The Bertz CT molecular complexity index is 603. The molecule has 112 valence electrons. The number of carboxylic acids is 1. The van der Waals surface area contributed by atoms with Crippen LogP contribution in [0.15, 0.2) is 23.1 Å². The van der Waals surface area contributed by atoms with E-state index in [1.807, 2.05) is 0 Å². The van der Waals surface area contributed by atoms with Crippen molar-refractivity contribution in [2.75, 3.05) is 13.1 Å². The molecule has 1 unspecified atom stereocenters. The summed E-state index contributed by atoms with van der Waals surface area (Å²) >= 11 is 0. The molecular formula is C12H15F2NO4S.